The number of hydrogen-bond donors (Lipinski definition) is 3. The number of nitrogen functional groups attached to an aromatic ring is 1. The average Bonchev–Trinajstić information content (AvgIpc) is 3.02. The fourth-order valence-corrected chi connectivity index (χ4v) is 3.12. The monoisotopic (exact) mass is 292 g/mol. The predicted molar refractivity (Wildman–Crippen MR) is 78.7 cm³/mol. The molecule has 0 unspecified atom stereocenters. The number of imidazole rings is 1. The number of hydrazine groups is 1. The standard InChI is InChI=1S/C11H16N8S/c12-18-10-15-9(14-8-1-5-20-6-2-8)16-11(17-10)19-4-3-13-7-19/h3-4,7-8H,1-2,5-6,12H2,(H2,14,15,16,17,18). The summed E-state index contributed by atoms with van der Waals surface area (Å²) >= 11 is 1.98. The van der Waals surface area contributed by atoms with Gasteiger partial charge in [-0.1, -0.05) is 0 Å². The number of rotatable bonds is 4. The van der Waals surface area contributed by atoms with Gasteiger partial charge in [0, 0.05) is 18.4 Å². The molecule has 2 aromatic rings. The van der Waals surface area contributed by atoms with Gasteiger partial charge in [-0.15, -0.1) is 0 Å². The molecular formula is C11H16N8S. The fraction of sp³-hybridized carbons (Fsp3) is 0.455. The molecule has 1 fully saturated rings. The van der Waals surface area contributed by atoms with Crippen molar-refractivity contribution in [3.8, 4) is 5.95 Å². The van der Waals surface area contributed by atoms with Crippen LogP contribution in [0.1, 0.15) is 12.8 Å². The summed E-state index contributed by atoms with van der Waals surface area (Å²) in [5.41, 5.74) is 2.47. The van der Waals surface area contributed by atoms with Gasteiger partial charge in [-0.2, -0.15) is 26.7 Å². The predicted octanol–water partition coefficient (Wildman–Crippen LogP) is 0.650. The topological polar surface area (TPSA) is 107 Å². The van der Waals surface area contributed by atoms with Gasteiger partial charge in [0.05, 0.1) is 0 Å². The molecule has 0 atom stereocenters. The first kappa shape index (κ1) is 13.1. The zero-order valence-corrected chi connectivity index (χ0v) is 11.7. The van der Waals surface area contributed by atoms with Gasteiger partial charge in [-0.05, 0) is 24.3 Å². The third-order valence-corrected chi connectivity index (χ3v) is 4.09. The first-order valence-corrected chi connectivity index (χ1v) is 7.56. The first-order valence-electron chi connectivity index (χ1n) is 6.40. The molecule has 0 spiro atoms. The minimum absolute atomic E-state index is 0.330. The Hall–Kier alpha value is -1.87. The third-order valence-electron chi connectivity index (χ3n) is 3.04. The number of anilines is 2. The highest BCUT2D eigenvalue weighted by Gasteiger charge is 2.16. The van der Waals surface area contributed by atoms with Crippen molar-refractivity contribution in [2.45, 2.75) is 18.9 Å². The second-order valence-corrected chi connectivity index (χ2v) is 5.65. The first-order chi connectivity index (χ1) is 9.85. The van der Waals surface area contributed by atoms with Crippen LogP contribution >= 0.6 is 11.8 Å². The van der Waals surface area contributed by atoms with Crippen molar-refractivity contribution in [1.29, 1.82) is 0 Å². The smallest absolute Gasteiger partial charge is 0.243 e. The Morgan fingerprint density at radius 3 is 2.70 bits per heavy atom. The molecule has 4 N–H and O–H groups in total. The number of aromatic nitrogens is 5. The maximum Gasteiger partial charge on any atom is 0.243 e. The molecule has 0 radical (unpaired) electrons. The van der Waals surface area contributed by atoms with Crippen LogP contribution in [0.25, 0.3) is 5.95 Å². The summed E-state index contributed by atoms with van der Waals surface area (Å²) in [7, 11) is 0. The van der Waals surface area contributed by atoms with Crippen molar-refractivity contribution in [3.63, 3.8) is 0 Å². The van der Waals surface area contributed by atoms with Crippen molar-refractivity contribution in [1.82, 2.24) is 24.5 Å². The molecule has 2 aromatic heterocycles. The van der Waals surface area contributed by atoms with Crippen molar-refractivity contribution in [2.75, 3.05) is 22.2 Å². The summed E-state index contributed by atoms with van der Waals surface area (Å²) in [6.45, 7) is 0. The van der Waals surface area contributed by atoms with E-state index in [9.17, 15) is 0 Å². The summed E-state index contributed by atoms with van der Waals surface area (Å²) in [6.07, 6.45) is 7.31. The number of hydrogen-bond acceptors (Lipinski definition) is 8. The van der Waals surface area contributed by atoms with Crippen LogP contribution in [0.5, 0.6) is 0 Å². The zero-order chi connectivity index (χ0) is 13.8. The van der Waals surface area contributed by atoms with Gasteiger partial charge in [0.15, 0.2) is 0 Å². The summed E-state index contributed by atoms with van der Waals surface area (Å²) in [4.78, 5) is 16.8. The van der Waals surface area contributed by atoms with Gasteiger partial charge < -0.3 is 5.32 Å². The maximum atomic E-state index is 5.42. The number of nitrogens with zero attached hydrogens (tertiary/aromatic N) is 5. The van der Waals surface area contributed by atoms with E-state index in [1.807, 2.05) is 11.8 Å². The molecule has 0 aromatic carbocycles. The van der Waals surface area contributed by atoms with E-state index in [-0.39, 0.29) is 0 Å². The zero-order valence-electron chi connectivity index (χ0n) is 10.9. The largest absolute Gasteiger partial charge is 0.351 e. The number of nitrogens with one attached hydrogen (secondary N) is 2. The average molecular weight is 292 g/mol. The quantitative estimate of drug-likeness (QED) is 0.557. The van der Waals surface area contributed by atoms with Crippen molar-refractivity contribution >= 4 is 23.7 Å². The van der Waals surface area contributed by atoms with Gasteiger partial charge in [0.2, 0.25) is 17.8 Å². The highest BCUT2D eigenvalue weighted by Crippen LogP contribution is 2.20. The molecule has 0 saturated carbocycles. The lowest BCUT2D eigenvalue weighted by atomic mass is 10.2. The maximum absolute atomic E-state index is 5.42. The lowest BCUT2D eigenvalue weighted by Crippen LogP contribution is -2.26. The lowest BCUT2D eigenvalue weighted by Gasteiger charge is -2.22. The fourth-order valence-electron chi connectivity index (χ4n) is 2.01. The minimum atomic E-state index is 0.330. The molecule has 1 aliphatic heterocycles. The van der Waals surface area contributed by atoms with Gasteiger partial charge in [-0.25, -0.2) is 10.8 Å². The van der Waals surface area contributed by atoms with E-state index in [2.05, 4.69) is 30.7 Å². The second kappa shape index (κ2) is 6.06. The van der Waals surface area contributed by atoms with Crippen LogP contribution in [0.15, 0.2) is 18.7 Å². The number of thioether (sulfide) groups is 1. The Kier molecular flexibility index (Phi) is 3.97. The van der Waals surface area contributed by atoms with E-state index in [1.165, 1.54) is 11.5 Å². The van der Waals surface area contributed by atoms with Gasteiger partial charge in [0.1, 0.15) is 6.33 Å². The van der Waals surface area contributed by atoms with E-state index in [0.29, 0.717) is 23.9 Å². The minimum Gasteiger partial charge on any atom is -0.351 e. The van der Waals surface area contributed by atoms with Gasteiger partial charge in [-0.3, -0.25) is 9.99 Å². The molecule has 8 nitrogen and oxygen atoms in total. The van der Waals surface area contributed by atoms with E-state index >= 15 is 0 Å². The highest BCUT2D eigenvalue weighted by atomic mass is 32.2. The van der Waals surface area contributed by atoms with E-state index in [1.54, 1.807) is 23.3 Å². The number of nitrogens with two attached hydrogens (primary N) is 1. The normalized spacial score (nSPS) is 16.1. The van der Waals surface area contributed by atoms with Crippen LogP contribution in [0, 0.1) is 0 Å². The van der Waals surface area contributed by atoms with Crippen LogP contribution < -0.4 is 16.6 Å². The Bertz CT molecular complexity index is 552. The lowest BCUT2D eigenvalue weighted by molar-refractivity contribution is 0.658. The summed E-state index contributed by atoms with van der Waals surface area (Å²) < 4.78 is 1.71. The third kappa shape index (κ3) is 2.99. The van der Waals surface area contributed by atoms with Crippen LogP contribution in [0.4, 0.5) is 11.9 Å². The SMILES string of the molecule is NNc1nc(NC2CCSCC2)nc(-n2ccnc2)n1. The Morgan fingerprint density at radius 1 is 1.20 bits per heavy atom. The van der Waals surface area contributed by atoms with E-state index in [0.717, 1.165) is 12.8 Å². The molecule has 0 aliphatic carbocycles. The molecular weight excluding hydrogens is 276 g/mol. The van der Waals surface area contributed by atoms with Crippen molar-refractivity contribution in [2.24, 2.45) is 5.84 Å². The Labute approximate surface area is 120 Å². The molecule has 0 bridgehead atoms. The molecule has 0 amide bonds. The van der Waals surface area contributed by atoms with Crippen LogP contribution in [-0.4, -0.2) is 42.1 Å². The molecule has 106 valence electrons. The van der Waals surface area contributed by atoms with Crippen molar-refractivity contribution < 1.29 is 0 Å². The summed E-state index contributed by atoms with van der Waals surface area (Å²) in [5, 5.41) is 3.35. The Morgan fingerprint density at radius 2 is 2.00 bits per heavy atom. The summed E-state index contributed by atoms with van der Waals surface area (Å²) in [5.74, 6) is 9.10. The molecule has 3 heterocycles. The summed E-state index contributed by atoms with van der Waals surface area (Å²) in [6, 6.07) is 0.403. The van der Waals surface area contributed by atoms with E-state index in [4.69, 9.17) is 5.84 Å². The molecule has 1 saturated heterocycles. The Balaban J connectivity index is 1.84. The highest BCUT2D eigenvalue weighted by molar-refractivity contribution is 7.99. The van der Waals surface area contributed by atoms with Crippen LogP contribution in [-0.2, 0) is 0 Å². The van der Waals surface area contributed by atoms with Gasteiger partial charge >= 0.3 is 0 Å². The van der Waals surface area contributed by atoms with Crippen LogP contribution in [0.2, 0.25) is 0 Å². The van der Waals surface area contributed by atoms with Crippen LogP contribution in [0.3, 0.4) is 0 Å². The van der Waals surface area contributed by atoms with E-state index < -0.39 is 0 Å². The molecule has 1 aliphatic rings. The second-order valence-electron chi connectivity index (χ2n) is 4.43. The molecule has 9 heteroatoms. The molecule has 3 rings (SSSR count). The van der Waals surface area contributed by atoms with Gasteiger partial charge in [0.25, 0.3) is 0 Å². The molecule has 20 heavy (non-hydrogen) atoms. The van der Waals surface area contributed by atoms with Crippen molar-refractivity contribution in [3.05, 3.63) is 18.7 Å².